The van der Waals surface area contributed by atoms with Gasteiger partial charge in [0, 0.05) is 10.9 Å². The second-order valence-corrected chi connectivity index (χ2v) is 5.63. The maximum atomic E-state index is 11.1. The minimum atomic E-state index is -0.862. The summed E-state index contributed by atoms with van der Waals surface area (Å²) in [7, 11) is 0. The minimum absolute atomic E-state index is 0.0792. The molecule has 0 bridgehead atoms. The lowest BCUT2D eigenvalue weighted by atomic mass is 10.1. The van der Waals surface area contributed by atoms with Gasteiger partial charge >= 0.3 is 5.97 Å². The summed E-state index contributed by atoms with van der Waals surface area (Å²) in [5.41, 5.74) is 4.98. The predicted molar refractivity (Wildman–Crippen MR) is 80.2 cm³/mol. The predicted octanol–water partition coefficient (Wildman–Crippen LogP) is 3.47. The van der Waals surface area contributed by atoms with Crippen molar-refractivity contribution < 1.29 is 9.90 Å². The fraction of sp³-hybridized carbons (Fsp3) is 0.200. The summed E-state index contributed by atoms with van der Waals surface area (Å²) in [5, 5.41) is 13.1. The van der Waals surface area contributed by atoms with Crippen molar-refractivity contribution in [2.75, 3.05) is 0 Å². The van der Waals surface area contributed by atoms with Crippen molar-refractivity contribution >= 4 is 28.3 Å². The number of imidazole rings is 1. The third-order valence-electron chi connectivity index (χ3n) is 3.44. The average molecular weight is 286 g/mol. The molecule has 0 radical (unpaired) electrons. The number of carboxylic acids is 1. The molecule has 0 amide bonds. The first-order chi connectivity index (χ1) is 9.56. The smallest absolute Gasteiger partial charge is 0.323 e. The molecule has 20 heavy (non-hydrogen) atoms. The summed E-state index contributed by atoms with van der Waals surface area (Å²) < 4.78 is 1.77. The van der Waals surface area contributed by atoms with Crippen LogP contribution >= 0.6 is 11.3 Å². The summed E-state index contributed by atoms with van der Waals surface area (Å²) in [6.07, 6.45) is 0. The number of aromatic nitrogens is 2. The number of aliphatic carboxylic acids is 1. The van der Waals surface area contributed by atoms with Crippen molar-refractivity contribution in [3.05, 3.63) is 40.1 Å². The van der Waals surface area contributed by atoms with E-state index in [1.165, 1.54) is 0 Å². The molecule has 4 nitrogen and oxygen atoms in total. The van der Waals surface area contributed by atoms with Crippen molar-refractivity contribution in [1.82, 2.24) is 9.55 Å². The molecule has 0 saturated heterocycles. The highest BCUT2D eigenvalue weighted by Crippen LogP contribution is 2.28. The number of rotatable bonds is 3. The van der Waals surface area contributed by atoms with E-state index in [0.717, 1.165) is 27.7 Å². The van der Waals surface area contributed by atoms with Gasteiger partial charge in [-0.1, -0.05) is 0 Å². The highest BCUT2D eigenvalue weighted by molar-refractivity contribution is 7.08. The topological polar surface area (TPSA) is 55.1 Å². The zero-order chi connectivity index (χ0) is 14.3. The summed E-state index contributed by atoms with van der Waals surface area (Å²) in [4.78, 5) is 15.8. The summed E-state index contributed by atoms with van der Waals surface area (Å²) in [5.74, 6) is -0.146. The fourth-order valence-corrected chi connectivity index (χ4v) is 2.92. The van der Waals surface area contributed by atoms with Gasteiger partial charge in [-0.05, 0) is 48.6 Å². The van der Waals surface area contributed by atoms with Gasteiger partial charge in [-0.3, -0.25) is 4.79 Å². The Labute approximate surface area is 120 Å². The molecule has 0 spiro atoms. The van der Waals surface area contributed by atoms with Gasteiger partial charge in [-0.25, -0.2) is 4.98 Å². The third-order valence-corrected chi connectivity index (χ3v) is 4.12. The first-order valence-electron chi connectivity index (χ1n) is 6.28. The van der Waals surface area contributed by atoms with Crippen LogP contribution < -0.4 is 0 Å². The van der Waals surface area contributed by atoms with E-state index in [-0.39, 0.29) is 6.54 Å². The van der Waals surface area contributed by atoms with E-state index < -0.39 is 5.97 Å². The monoisotopic (exact) mass is 286 g/mol. The Bertz CT molecular complexity index is 788. The van der Waals surface area contributed by atoms with Crippen LogP contribution in [0.25, 0.3) is 22.4 Å². The molecule has 0 aliphatic rings. The molecular formula is C15H14N2O2S. The van der Waals surface area contributed by atoms with Gasteiger partial charge in [0.05, 0.1) is 11.0 Å². The molecule has 5 heteroatoms. The van der Waals surface area contributed by atoms with Crippen LogP contribution in [0.4, 0.5) is 0 Å². The Morgan fingerprint density at radius 2 is 2.10 bits per heavy atom. The Balaban J connectivity index is 2.30. The SMILES string of the molecule is Cc1cc2nc(-c3ccsc3)n(CC(=O)O)c2cc1C. The Kier molecular flexibility index (Phi) is 3.06. The second-order valence-electron chi connectivity index (χ2n) is 4.85. The fourth-order valence-electron chi connectivity index (χ4n) is 2.29. The van der Waals surface area contributed by atoms with Crippen molar-refractivity contribution in [3.63, 3.8) is 0 Å². The number of hydrogen-bond donors (Lipinski definition) is 1. The molecule has 0 unspecified atom stereocenters. The summed E-state index contributed by atoms with van der Waals surface area (Å²) in [6, 6.07) is 5.99. The second kappa shape index (κ2) is 4.76. The van der Waals surface area contributed by atoms with E-state index >= 15 is 0 Å². The molecule has 2 aromatic heterocycles. The van der Waals surface area contributed by atoms with Crippen LogP contribution in [0, 0.1) is 13.8 Å². The molecule has 102 valence electrons. The quantitative estimate of drug-likeness (QED) is 0.802. The van der Waals surface area contributed by atoms with Crippen LogP contribution in [0.3, 0.4) is 0 Å². The molecule has 0 fully saturated rings. The number of carboxylic acid groups (broad SMARTS) is 1. The Morgan fingerprint density at radius 1 is 1.35 bits per heavy atom. The molecule has 0 saturated carbocycles. The van der Waals surface area contributed by atoms with Gasteiger partial charge in [-0.2, -0.15) is 11.3 Å². The number of nitrogens with zero attached hydrogens (tertiary/aromatic N) is 2. The van der Waals surface area contributed by atoms with Crippen LogP contribution in [0.5, 0.6) is 0 Å². The number of carbonyl (C=O) groups is 1. The highest BCUT2D eigenvalue weighted by atomic mass is 32.1. The number of thiophene rings is 1. The lowest BCUT2D eigenvalue weighted by Gasteiger charge is -2.06. The highest BCUT2D eigenvalue weighted by Gasteiger charge is 2.15. The van der Waals surface area contributed by atoms with Crippen molar-refractivity contribution in [2.24, 2.45) is 0 Å². The lowest BCUT2D eigenvalue weighted by molar-refractivity contribution is -0.137. The Morgan fingerprint density at radius 3 is 2.75 bits per heavy atom. The number of aryl methyl sites for hydroxylation is 2. The molecule has 1 aromatic carbocycles. The van der Waals surface area contributed by atoms with Crippen molar-refractivity contribution in [2.45, 2.75) is 20.4 Å². The third kappa shape index (κ3) is 2.10. The van der Waals surface area contributed by atoms with Gasteiger partial charge in [0.2, 0.25) is 0 Å². The molecule has 3 rings (SSSR count). The van der Waals surface area contributed by atoms with E-state index in [1.807, 2.05) is 42.8 Å². The van der Waals surface area contributed by atoms with Crippen LogP contribution in [-0.2, 0) is 11.3 Å². The molecule has 0 atom stereocenters. The molecular weight excluding hydrogens is 272 g/mol. The zero-order valence-electron chi connectivity index (χ0n) is 11.3. The van der Waals surface area contributed by atoms with E-state index in [2.05, 4.69) is 4.98 Å². The summed E-state index contributed by atoms with van der Waals surface area (Å²) in [6.45, 7) is 3.98. The van der Waals surface area contributed by atoms with Gasteiger partial charge in [0.1, 0.15) is 12.4 Å². The van der Waals surface area contributed by atoms with Gasteiger partial charge in [0.15, 0.2) is 0 Å². The standard InChI is InChI=1S/C15H14N2O2S/c1-9-5-12-13(6-10(9)2)17(7-14(18)19)15(16-12)11-3-4-20-8-11/h3-6,8H,7H2,1-2H3,(H,18,19). The van der Waals surface area contributed by atoms with E-state index in [4.69, 9.17) is 5.11 Å². The number of hydrogen-bond acceptors (Lipinski definition) is 3. The number of fused-ring (bicyclic) bond motifs is 1. The zero-order valence-corrected chi connectivity index (χ0v) is 12.1. The lowest BCUT2D eigenvalue weighted by Crippen LogP contribution is -2.09. The molecule has 2 heterocycles. The van der Waals surface area contributed by atoms with Gasteiger partial charge < -0.3 is 9.67 Å². The largest absolute Gasteiger partial charge is 0.480 e. The van der Waals surface area contributed by atoms with Crippen molar-refractivity contribution in [3.8, 4) is 11.4 Å². The molecule has 1 N–H and O–H groups in total. The minimum Gasteiger partial charge on any atom is -0.480 e. The number of benzene rings is 1. The molecule has 0 aliphatic carbocycles. The van der Waals surface area contributed by atoms with E-state index in [9.17, 15) is 4.79 Å². The average Bonchev–Trinajstić information content (AvgIpc) is 2.99. The summed E-state index contributed by atoms with van der Waals surface area (Å²) >= 11 is 1.58. The maximum absolute atomic E-state index is 11.1. The first kappa shape index (κ1) is 12.9. The van der Waals surface area contributed by atoms with Crippen molar-refractivity contribution in [1.29, 1.82) is 0 Å². The Hall–Kier alpha value is -2.14. The van der Waals surface area contributed by atoms with Gasteiger partial charge in [0.25, 0.3) is 0 Å². The van der Waals surface area contributed by atoms with E-state index in [0.29, 0.717) is 5.82 Å². The maximum Gasteiger partial charge on any atom is 0.323 e. The normalized spacial score (nSPS) is 11.1. The van der Waals surface area contributed by atoms with Crippen LogP contribution in [0.1, 0.15) is 11.1 Å². The molecule has 0 aliphatic heterocycles. The van der Waals surface area contributed by atoms with Crippen LogP contribution in [0.15, 0.2) is 29.0 Å². The van der Waals surface area contributed by atoms with Crippen LogP contribution in [-0.4, -0.2) is 20.6 Å². The van der Waals surface area contributed by atoms with Gasteiger partial charge in [-0.15, -0.1) is 0 Å². The van der Waals surface area contributed by atoms with E-state index in [1.54, 1.807) is 15.9 Å². The van der Waals surface area contributed by atoms with Crippen LogP contribution in [0.2, 0.25) is 0 Å². The molecule has 3 aromatic rings. The first-order valence-corrected chi connectivity index (χ1v) is 7.22.